The largest absolute Gasteiger partial charge is 0.512 e. The van der Waals surface area contributed by atoms with Gasteiger partial charge in [0.2, 0.25) is 0 Å². The SMILES string of the molecule is C=C(CC1=CC2CC(O)C(CCCC(C)(O)CCCC)C2C1)C1(C)CC=C1O. The Labute approximate surface area is 171 Å². The second-order valence-corrected chi connectivity index (χ2v) is 10.2. The zero-order valence-electron chi connectivity index (χ0n) is 18.1. The summed E-state index contributed by atoms with van der Waals surface area (Å²) in [6.07, 6.45) is 13.6. The Balaban J connectivity index is 1.50. The number of hydrogen-bond donors (Lipinski definition) is 3. The maximum absolute atomic E-state index is 10.6. The van der Waals surface area contributed by atoms with Crippen molar-refractivity contribution in [1.29, 1.82) is 0 Å². The summed E-state index contributed by atoms with van der Waals surface area (Å²) in [5, 5.41) is 31.1. The summed E-state index contributed by atoms with van der Waals surface area (Å²) in [4.78, 5) is 0. The van der Waals surface area contributed by atoms with E-state index in [0.717, 1.165) is 69.8 Å². The lowest BCUT2D eigenvalue weighted by molar-refractivity contribution is 0.0319. The highest BCUT2D eigenvalue weighted by Gasteiger charge is 2.45. The predicted molar refractivity (Wildman–Crippen MR) is 115 cm³/mol. The highest BCUT2D eigenvalue weighted by Crippen LogP contribution is 2.52. The summed E-state index contributed by atoms with van der Waals surface area (Å²) >= 11 is 0. The molecule has 0 aromatic heterocycles. The van der Waals surface area contributed by atoms with Gasteiger partial charge in [-0.15, -0.1) is 0 Å². The van der Waals surface area contributed by atoms with Crippen LogP contribution in [0.15, 0.2) is 35.6 Å². The van der Waals surface area contributed by atoms with Gasteiger partial charge in [0, 0.05) is 5.41 Å². The van der Waals surface area contributed by atoms with Crippen molar-refractivity contribution < 1.29 is 15.3 Å². The number of hydrogen-bond acceptors (Lipinski definition) is 3. The summed E-state index contributed by atoms with van der Waals surface area (Å²) in [7, 11) is 0. The number of unbranched alkanes of at least 4 members (excludes halogenated alkanes) is 1. The van der Waals surface area contributed by atoms with Gasteiger partial charge in [-0.3, -0.25) is 0 Å². The van der Waals surface area contributed by atoms with Crippen LogP contribution >= 0.6 is 0 Å². The van der Waals surface area contributed by atoms with E-state index in [-0.39, 0.29) is 11.5 Å². The average molecular weight is 389 g/mol. The second-order valence-electron chi connectivity index (χ2n) is 10.2. The average Bonchev–Trinajstić information content (AvgIpc) is 3.15. The first-order chi connectivity index (χ1) is 13.2. The maximum atomic E-state index is 10.6. The minimum absolute atomic E-state index is 0.201. The Kier molecular flexibility index (Phi) is 6.46. The molecule has 28 heavy (non-hydrogen) atoms. The Morgan fingerprint density at radius 1 is 1.32 bits per heavy atom. The van der Waals surface area contributed by atoms with E-state index in [4.69, 9.17) is 0 Å². The molecule has 0 heterocycles. The Morgan fingerprint density at radius 2 is 2.04 bits per heavy atom. The molecule has 3 N–H and O–H groups in total. The van der Waals surface area contributed by atoms with Gasteiger partial charge >= 0.3 is 0 Å². The number of allylic oxidation sites excluding steroid dienone is 4. The van der Waals surface area contributed by atoms with Crippen molar-refractivity contribution in [3.05, 3.63) is 35.6 Å². The fourth-order valence-corrected chi connectivity index (χ4v) is 5.63. The van der Waals surface area contributed by atoms with E-state index in [0.29, 0.717) is 23.5 Å². The fraction of sp³-hybridized carbons (Fsp3) is 0.760. The fourth-order valence-electron chi connectivity index (χ4n) is 5.63. The summed E-state index contributed by atoms with van der Waals surface area (Å²) in [6.45, 7) is 10.5. The van der Waals surface area contributed by atoms with Gasteiger partial charge in [-0.25, -0.2) is 0 Å². The number of aliphatic hydroxyl groups excluding tert-OH is 2. The molecule has 0 saturated heterocycles. The Bertz CT molecular complexity index is 644. The van der Waals surface area contributed by atoms with Crippen LogP contribution in [-0.4, -0.2) is 27.0 Å². The van der Waals surface area contributed by atoms with E-state index >= 15 is 0 Å². The lowest BCUT2D eigenvalue weighted by Gasteiger charge is -2.37. The molecular formula is C25H40O3. The lowest BCUT2D eigenvalue weighted by atomic mass is 9.69. The molecule has 3 aliphatic carbocycles. The van der Waals surface area contributed by atoms with Crippen LogP contribution < -0.4 is 0 Å². The van der Waals surface area contributed by atoms with Crippen molar-refractivity contribution in [3.8, 4) is 0 Å². The quantitative estimate of drug-likeness (QED) is 0.412. The van der Waals surface area contributed by atoms with Crippen molar-refractivity contribution in [2.24, 2.45) is 23.2 Å². The molecule has 158 valence electrons. The minimum atomic E-state index is -0.566. The molecule has 0 aromatic carbocycles. The molecule has 3 rings (SSSR count). The molecule has 0 aromatic rings. The molecule has 1 saturated carbocycles. The Morgan fingerprint density at radius 3 is 2.64 bits per heavy atom. The first kappa shape index (κ1) is 21.6. The van der Waals surface area contributed by atoms with Crippen LogP contribution in [0.25, 0.3) is 0 Å². The smallest absolute Gasteiger partial charge is 0.0985 e. The molecule has 0 spiro atoms. The zero-order valence-corrected chi connectivity index (χ0v) is 18.1. The predicted octanol–water partition coefficient (Wildman–Crippen LogP) is 5.84. The summed E-state index contributed by atoms with van der Waals surface area (Å²) in [5.74, 6) is 1.85. The number of aliphatic hydroxyl groups is 3. The molecule has 0 radical (unpaired) electrons. The van der Waals surface area contributed by atoms with Gasteiger partial charge in [0.05, 0.1) is 17.5 Å². The molecule has 3 nitrogen and oxygen atoms in total. The van der Waals surface area contributed by atoms with Crippen molar-refractivity contribution in [3.63, 3.8) is 0 Å². The van der Waals surface area contributed by atoms with Gasteiger partial charge in [-0.1, -0.05) is 50.0 Å². The van der Waals surface area contributed by atoms with Gasteiger partial charge in [-0.05, 0) is 82.6 Å². The Hall–Kier alpha value is -1.06. The summed E-state index contributed by atoms with van der Waals surface area (Å²) < 4.78 is 0. The van der Waals surface area contributed by atoms with E-state index in [9.17, 15) is 15.3 Å². The topological polar surface area (TPSA) is 60.7 Å². The van der Waals surface area contributed by atoms with Gasteiger partial charge in [0.15, 0.2) is 0 Å². The van der Waals surface area contributed by atoms with Crippen molar-refractivity contribution >= 4 is 0 Å². The van der Waals surface area contributed by atoms with E-state index in [1.165, 1.54) is 5.57 Å². The molecule has 6 atom stereocenters. The third-order valence-electron chi connectivity index (χ3n) is 7.87. The van der Waals surface area contributed by atoms with Crippen molar-refractivity contribution in [2.45, 2.75) is 96.7 Å². The highest BCUT2D eigenvalue weighted by molar-refractivity contribution is 5.35. The van der Waals surface area contributed by atoms with Crippen LogP contribution in [0.4, 0.5) is 0 Å². The van der Waals surface area contributed by atoms with E-state index in [1.54, 1.807) is 0 Å². The maximum Gasteiger partial charge on any atom is 0.0985 e. The summed E-state index contributed by atoms with van der Waals surface area (Å²) in [6, 6.07) is 0. The van der Waals surface area contributed by atoms with E-state index < -0.39 is 5.60 Å². The number of rotatable bonds is 10. The molecule has 3 aliphatic rings. The highest BCUT2D eigenvalue weighted by atomic mass is 16.3. The molecule has 6 unspecified atom stereocenters. The van der Waals surface area contributed by atoms with E-state index in [1.807, 2.05) is 13.0 Å². The zero-order chi connectivity index (χ0) is 20.5. The first-order valence-corrected chi connectivity index (χ1v) is 11.3. The molecule has 3 heteroatoms. The van der Waals surface area contributed by atoms with Crippen molar-refractivity contribution in [1.82, 2.24) is 0 Å². The minimum Gasteiger partial charge on any atom is -0.512 e. The van der Waals surface area contributed by atoms with Crippen LogP contribution in [-0.2, 0) is 0 Å². The first-order valence-electron chi connectivity index (χ1n) is 11.3. The van der Waals surface area contributed by atoms with Gasteiger partial charge in [-0.2, -0.15) is 0 Å². The molecular weight excluding hydrogens is 348 g/mol. The van der Waals surface area contributed by atoms with Gasteiger partial charge in [0.1, 0.15) is 0 Å². The van der Waals surface area contributed by atoms with Crippen LogP contribution in [0.5, 0.6) is 0 Å². The van der Waals surface area contributed by atoms with Gasteiger partial charge < -0.3 is 15.3 Å². The third kappa shape index (κ3) is 4.41. The normalized spacial score (nSPS) is 36.3. The lowest BCUT2D eigenvalue weighted by Crippen LogP contribution is -2.28. The van der Waals surface area contributed by atoms with Crippen LogP contribution in [0.1, 0.15) is 85.0 Å². The van der Waals surface area contributed by atoms with Crippen LogP contribution in [0.2, 0.25) is 0 Å². The molecule has 0 bridgehead atoms. The van der Waals surface area contributed by atoms with Gasteiger partial charge in [0.25, 0.3) is 0 Å². The number of fused-ring (bicyclic) bond motifs is 1. The van der Waals surface area contributed by atoms with Crippen molar-refractivity contribution in [2.75, 3.05) is 0 Å². The standard InChI is InChI=1S/C25H40O3/c1-5-6-10-24(3,28)11-7-8-20-21-15-18(14-19(21)16-22(20)26)13-17(2)25(4)12-9-23(25)27/h9,14,19-22,26-28H,2,5-8,10-13,15-16H2,1,3-4H3. The van der Waals surface area contributed by atoms with E-state index in [2.05, 4.69) is 26.5 Å². The molecule has 0 aliphatic heterocycles. The third-order valence-corrected chi connectivity index (χ3v) is 7.87. The van der Waals surface area contributed by atoms with Crippen LogP contribution in [0, 0.1) is 23.2 Å². The molecule has 1 fully saturated rings. The van der Waals surface area contributed by atoms with Crippen LogP contribution in [0.3, 0.4) is 0 Å². The monoisotopic (exact) mass is 388 g/mol. The second kappa shape index (κ2) is 8.36. The molecule has 0 amide bonds. The summed E-state index contributed by atoms with van der Waals surface area (Å²) in [5.41, 5.74) is 1.75.